The van der Waals surface area contributed by atoms with Gasteiger partial charge in [-0.15, -0.1) is 0 Å². The molecule has 2 aromatic rings. The van der Waals surface area contributed by atoms with E-state index in [-0.39, 0.29) is 18.9 Å². The van der Waals surface area contributed by atoms with Crippen LogP contribution in [-0.2, 0) is 16.1 Å². The molecule has 5 nitrogen and oxygen atoms in total. The summed E-state index contributed by atoms with van der Waals surface area (Å²) in [6.07, 6.45) is -0.263. The van der Waals surface area contributed by atoms with Gasteiger partial charge in [0.05, 0.1) is 0 Å². The van der Waals surface area contributed by atoms with Gasteiger partial charge >= 0.3 is 6.09 Å². The number of carbonyl (C=O) groups excluding carboxylic acids is 2. The van der Waals surface area contributed by atoms with Crippen LogP contribution < -0.4 is 5.32 Å². The van der Waals surface area contributed by atoms with Crippen molar-refractivity contribution in [2.45, 2.75) is 39.3 Å². The Labute approximate surface area is 149 Å². The molecule has 0 aliphatic heterocycles. The van der Waals surface area contributed by atoms with Crippen molar-refractivity contribution < 1.29 is 14.3 Å². The molecule has 0 saturated carbocycles. The predicted molar refractivity (Wildman–Crippen MR) is 99.3 cm³/mol. The molecule has 2 amide bonds. The first-order valence-corrected chi connectivity index (χ1v) is 8.43. The van der Waals surface area contributed by atoms with E-state index in [1.165, 1.54) is 5.39 Å². The number of carbonyl (C=O) groups is 2. The lowest BCUT2D eigenvalue weighted by Gasteiger charge is -2.20. The molecule has 25 heavy (non-hydrogen) atoms. The quantitative estimate of drug-likeness (QED) is 0.901. The second-order valence-corrected chi connectivity index (χ2v) is 7.11. The van der Waals surface area contributed by atoms with E-state index >= 15 is 0 Å². The van der Waals surface area contributed by atoms with Gasteiger partial charge in [0.25, 0.3) is 0 Å². The van der Waals surface area contributed by atoms with E-state index in [0.29, 0.717) is 6.54 Å². The third-order valence-corrected chi connectivity index (χ3v) is 3.67. The van der Waals surface area contributed by atoms with E-state index in [4.69, 9.17) is 4.74 Å². The second-order valence-electron chi connectivity index (χ2n) is 7.11. The summed E-state index contributed by atoms with van der Waals surface area (Å²) >= 11 is 0. The summed E-state index contributed by atoms with van der Waals surface area (Å²) in [4.78, 5) is 25.4. The summed E-state index contributed by atoms with van der Waals surface area (Å²) in [5.41, 5.74) is 0.538. The van der Waals surface area contributed by atoms with Gasteiger partial charge in [-0.3, -0.25) is 4.79 Å². The van der Waals surface area contributed by atoms with E-state index in [0.717, 1.165) is 10.9 Å². The molecule has 0 radical (unpaired) electrons. The number of ether oxygens (including phenoxy) is 1. The molecule has 0 aliphatic carbocycles. The molecule has 5 heteroatoms. The normalized spacial score (nSPS) is 11.2. The summed E-state index contributed by atoms with van der Waals surface area (Å²) in [5, 5.41) is 4.95. The van der Waals surface area contributed by atoms with Crippen molar-refractivity contribution >= 4 is 22.8 Å². The third kappa shape index (κ3) is 6.10. The fourth-order valence-corrected chi connectivity index (χ4v) is 2.48. The molecule has 0 atom stereocenters. The van der Waals surface area contributed by atoms with Crippen molar-refractivity contribution in [1.82, 2.24) is 10.2 Å². The zero-order chi connectivity index (χ0) is 18.4. The van der Waals surface area contributed by atoms with E-state index in [1.807, 2.05) is 18.2 Å². The highest BCUT2D eigenvalue weighted by atomic mass is 16.6. The molecular formula is C20H26N2O3. The molecular weight excluding hydrogens is 316 g/mol. The minimum atomic E-state index is -0.541. The molecule has 0 fully saturated rings. The Morgan fingerprint density at radius 1 is 1.08 bits per heavy atom. The Hall–Kier alpha value is -2.56. The molecule has 0 bridgehead atoms. The second kappa shape index (κ2) is 8.01. The Kier molecular flexibility index (Phi) is 6.02. The van der Waals surface area contributed by atoms with Crippen LogP contribution in [0.15, 0.2) is 42.5 Å². The van der Waals surface area contributed by atoms with E-state index in [2.05, 4.69) is 29.6 Å². The van der Waals surface area contributed by atoms with Gasteiger partial charge in [0, 0.05) is 26.6 Å². The highest BCUT2D eigenvalue weighted by Gasteiger charge is 2.16. The maximum absolute atomic E-state index is 12.2. The van der Waals surface area contributed by atoms with Crippen molar-refractivity contribution in [3.05, 3.63) is 48.0 Å². The first-order valence-electron chi connectivity index (χ1n) is 8.43. The van der Waals surface area contributed by atoms with Crippen LogP contribution in [0.2, 0.25) is 0 Å². The lowest BCUT2D eigenvalue weighted by atomic mass is 10.1. The monoisotopic (exact) mass is 342 g/mol. The fourth-order valence-electron chi connectivity index (χ4n) is 2.48. The van der Waals surface area contributed by atoms with Crippen LogP contribution >= 0.6 is 0 Å². The molecule has 2 aromatic carbocycles. The fraction of sp³-hybridized carbons (Fsp3) is 0.400. The van der Waals surface area contributed by atoms with E-state index in [1.54, 1.807) is 32.7 Å². The number of amides is 2. The van der Waals surface area contributed by atoms with E-state index < -0.39 is 11.7 Å². The Balaban J connectivity index is 1.82. The molecule has 0 unspecified atom stereocenters. The standard InChI is InChI=1S/C20H26N2O3/c1-20(2,3)25-19(24)21-12-11-18(23)22(4)14-15-9-10-16-7-5-6-8-17(16)13-15/h5-10,13H,11-12,14H2,1-4H3,(H,21,24). The van der Waals surface area contributed by atoms with Gasteiger partial charge in [-0.05, 0) is 43.2 Å². The number of nitrogens with one attached hydrogen (secondary N) is 1. The first-order chi connectivity index (χ1) is 11.7. The lowest BCUT2D eigenvalue weighted by molar-refractivity contribution is -0.130. The molecule has 0 aromatic heterocycles. The van der Waals surface area contributed by atoms with Crippen LogP contribution in [0.5, 0.6) is 0 Å². The van der Waals surface area contributed by atoms with Gasteiger partial charge in [-0.2, -0.15) is 0 Å². The van der Waals surface area contributed by atoms with Crippen LogP contribution in [0.25, 0.3) is 10.8 Å². The van der Waals surface area contributed by atoms with Crippen molar-refractivity contribution in [2.24, 2.45) is 0 Å². The van der Waals surface area contributed by atoms with Crippen LogP contribution in [0.4, 0.5) is 4.79 Å². The number of fused-ring (bicyclic) bond motifs is 1. The van der Waals surface area contributed by atoms with Crippen molar-refractivity contribution in [3.63, 3.8) is 0 Å². The summed E-state index contributed by atoms with van der Waals surface area (Å²) in [7, 11) is 1.77. The molecule has 1 N–H and O–H groups in total. The SMILES string of the molecule is CN(Cc1ccc2ccccc2c1)C(=O)CCNC(=O)OC(C)(C)C. The Bertz CT molecular complexity index is 750. The molecule has 0 saturated heterocycles. The molecule has 0 spiro atoms. The van der Waals surface area contributed by atoms with Crippen molar-refractivity contribution in [2.75, 3.05) is 13.6 Å². The average Bonchev–Trinajstić information content (AvgIpc) is 2.52. The number of alkyl carbamates (subject to hydrolysis) is 1. The number of nitrogens with zero attached hydrogens (tertiary/aromatic N) is 1. The molecule has 0 heterocycles. The highest BCUT2D eigenvalue weighted by Crippen LogP contribution is 2.16. The summed E-state index contributed by atoms with van der Waals surface area (Å²) in [6.45, 7) is 6.20. The Morgan fingerprint density at radius 2 is 1.76 bits per heavy atom. The maximum Gasteiger partial charge on any atom is 0.407 e. The first kappa shape index (κ1) is 18.8. The van der Waals surface area contributed by atoms with Gasteiger partial charge in [0.2, 0.25) is 5.91 Å². The van der Waals surface area contributed by atoms with Gasteiger partial charge in [-0.1, -0.05) is 36.4 Å². The topological polar surface area (TPSA) is 58.6 Å². The van der Waals surface area contributed by atoms with Gasteiger partial charge < -0.3 is 15.0 Å². The van der Waals surface area contributed by atoms with Crippen molar-refractivity contribution in [3.8, 4) is 0 Å². The van der Waals surface area contributed by atoms with Crippen molar-refractivity contribution in [1.29, 1.82) is 0 Å². The van der Waals surface area contributed by atoms with Crippen LogP contribution in [-0.4, -0.2) is 36.1 Å². The number of rotatable bonds is 5. The van der Waals surface area contributed by atoms with Crippen LogP contribution in [0, 0.1) is 0 Å². The van der Waals surface area contributed by atoms with E-state index in [9.17, 15) is 9.59 Å². The number of hydrogen-bond acceptors (Lipinski definition) is 3. The highest BCUT2D eigenvalue weighted by molar-refractivity contribution is 5.83. The minimum absolute atomic E-state index is 0.0239. The number of benzene rings is 2. The maximum atomic E-state index is 12.2. The number of hydrogen-bond donors (Lipinski definition) is 1. The third-order valence-electron chi connectivity index (χ3n) is 3.67. The van der Waals surface area contributed by atoms with Gasteiger partial charge in [-0.25, -0.2) is 4.79 Å². The smallest absolute Gasteiger partial charge is 0.407 e. The largest absolute Gasteiger partial charge is 0.444 e. The predicted octanol–water partition coefficient (Wildman–Crippen LogP) is 3.71. The summed E-state index contributed by atoms with van der Waals surface area (Å²) in [5.74, 6) is -0.0239. The van der Waals surface area contributed by atoms with Crippen LogP contribution in [0.1, 0.15) is 32.8 Å². The van der Waals surface area contributed by atoms with Gasteiger partial charge in [0.1, 0.15) is 5.60 Å². The summed E-state index contributed by atoms with van der Waals surface area (Å²) in [6, 6.07) is 14.3. The molecule has 0 aliphatic rings. The van der Waals surface area contributed by atoms with Crippen LogP contribution in [0.3, 0.4) is 0 Å². The molecule has 2 rings (SSSR count). The zero-order valence-electron chi connectivity index (χ0n) is 15.3. The molecule has 134 valence electrons. The minimum Gasteiger partial charge on any atom is -0.444 e. The Morgan fingerprint density at radius 3 is 2.44 bits per heavy atom. The average molecular weight is 342 g/mol. The zero-order valence-corrected chi connectivity index (χ0v) is 15.3. The summed E-state index contributed by atoms with van der Waals surface area (Å²) < 4.78 is 5.14. The van der Waals surface area contributed by atoms with Gasteiger partial charge in [0.15, 0.2) is 0 Å². The lowest BCUT2D eigenvalue weighted by Crippen LogP contribution is -2.35.